The Morgan fingerprint density at radius 2 is 1.84 bits per heavy atom. The van der Waals surface area contributed by atoms with Crippen LogP contribution in [0.15, 0.2) is 0 Å². The van der Waals surface area contributed by atoms with Crippen LogP contribution >= 0.6 is 0 Å². The fourth-order valence-electron chi connectivity index (χ4n) is 3.28. The molecule has 1 saturated heterocycles. The Bertz CT molecular complexity index is 327. The van der Waals surface area contributed by atoms with Crippen LogP contribution in [0.25, 0.3) is 0 Å². The third-order valence-electron chi connectivity index (χ3n) is 4.48. The molecule has 1 amide bonds. The number of rotatable bonds is 2. The summed E-state index contributed by atoms with van der Waals surface area (Å²) in [5, 5.41) is 0. The SMILES string of the molecule is CN(C)C(=O)C(C)(C)C1CCOC2(CCCCC2)O1. The lowest BCUT2D eigenvalue weighted by Crippen LogP contribution is -2.54. The van der Waals surface area contributed by atoms with Gasteiger partial charge in [-0.15, -0.1) is 0 Å². The molecule has 1 atom stereocenters. The van der Waals surface area contributed by atoms with Gasteiger partial charge in [0, 0.05) is 26.9 Å². The summed E-state index contributed by atoms with van der Waals surface area (Å²) in [6, 6.07) is 0. The molecule has 2 rings (SSSR count). The Balaban J connectivity index is 2.10. The fourth-order valence-corrected chi connectivity index (χ4v) is 3.28. The molecule has 1 unspecified atom stereocenters. The van der Waals surface area contributed by atoms with Crippen LogP contribution in [-0.4, -0.2) is 43.4 Å². The quantitative estimate of drug-likeness (QED) is 0.773. The van der Waals surface area contributed by atoms with Gasteiger partial charge < -0.3 is 14.4 Å². The predicted molar refractivity (Wildman–Crippen MR) is 73.7 cm³/mol. The first-order valence-electron chi connectivity index (χ1n) is 7.41. The van der Waals surface area contributed by atoms with Gasteiger partial charge in [-0.05, 0) is 33.1 Å². The molecule has 1 heterocycles. The topological polar surface area (TPSA) is 38.8 Å². The van der Waals surface area contributed by atoms with Crippen molar-refractivity contribution in [3.8, 4) is 0 Å². The minimum atomic E-state index is -0.488. The number of ether oxygens (including phenoxy) is 2. The van der Waals surface area contributed by atoms with Crippen LogP contribution in [-0.2, 0) is 14.3 Å². The predicted octanol–water partition coefficient (Wildman–Crippen LogP) is 2.57. The van der Waals surface area contributed by atoms with Gasteiger partial charge in [-0.25, -0.2) is 0 Å². The smallest absolute Gasteiger partial charge is 0.230 e. The number of hydrogen-bond donors (Lipinski definition) is 0. The average molecular weight is 269 g/mol. The van der Waals surface area contributed by atoms with Gasteiger partial charge >= 0.3 is 0 Å². The van der Waals surface area contributed by atoms with E-state index in [0.29, 0.717) is 6.61 Å². The minimum absolute atomic E-state index is 0.0470. The fraction of sp³-hybridized carbons (Fsp3) is 0.933. The first kappa shape index (κ1) is 14.8. The van der Waals surface area contributed by atoms with E-state index in [0.717, 1.165) is 32.1 Å². The van der Waals surface area contributed by atoms with Gasteiger partial charge in [0.1, 0.15) is 0 Å². The zero-order valence-corrected chi connectivity index (χ0v) is 12.7. The van der Waals surface area contributed by atoms with E-state index in [1.54, 1.807) is 19.0 Å². The van der Waals surface area contributed by atoms with E-state index in [-0.39, 0.29) is 12.0 Å². The molecular weight excluding hydrogens is 242 g/mol. The Kier molecular flexibility index (Phi) is 4.21. The highest BCUT2D eigenvalue weighted by atomic mass is 16.7. The highest BCUT2D eigenvalue weighted by Gasteiger charge is 2.47. The molecule has 2 fully saturated rings. The number of nitrogens with zero attached hydrogens (tertiary/aromatic N) is 1. The molecule has 0 radical (unpaired) electrons. The van der Waals surface area contributed by atoms with Gasteiger partial charge in [-0.3, -0.25) is 4.79 Å². The van der Waals surface area contributed by atoms with Crippen molar-refractivity contribution in [1.29, 1.82) is 0 Å². The van der Waals surface area contributed by atoms with E-state index < -0.39 is 11.2 Å². The summed E-state index contributed by atoms with van der Waals surface area (Å²) in [4.78, 5) is 14.0. The maximum atomic E-state index is 12.3. The van der Waals surface area contributed by atoms with Gasteiger partial charge in [-0.2, -0.15) is 0 Å². The average Bonchev–Trinajstić information content (AvgIpc) is 2.38. The summed E-state index contributed by atoms with van der Waals surface area (Å²) in [7, 11) is 3.61. The first-order valence-corrected chi connectivity index (χ1v) is 7.41. The molecule has 0 bridgehead atoms. The summed E-state index contributed by atoms with van der Waals surface area (Å²) in [5.41, 5.74) is -0.488. The van der Waals surface area contributed by atoms with Gasteiger partial charge in [0.15, 0.2) is 5.79 Å². The Morgan fingerprint density at radius 3 is 2.42 bits per heavy atom. The van der Waals surface area contributed by atoms with Gasteiger partial charge in [0.05, 0.1) is 18.1 Å². The standard InChI is InChI=1S/C15H27NO3/c1-14(2,13(17)16(3)4)12-8-11-18-15(19-12)9-6-5-7-10-15/h12H,5-11H2,1-4H3. The summed E-state index contributed by atoms with van der Waals surface area (Å²) >= 11 is 0. The number of amides is 1. The van der Waals surface area contributed by atoms with E-state index in [1.807, 2.05) is 13.8 Å². The zero-order valence-electron chi connectivity index (χ0n) is 12.7. The Morgan fingerprint density at radius 1 is 1.21 bits per heavy atom. The third kappa shape index (κ3) is 2.95. The van der Waals surface area contributed by atoms with Crippen LogP contribution in [0.5, 0.6) is 0 Å². The zero-order chi connectivity index (χ0) is 14.1. The Hall–Kier alpha value is -0.610. The van der Waals surface area contributed by atoms with E-state index in [2.05, 4.69) is 0 Å². The second-order valence-electron chi connectivity index (χ2n) is 6.64. The molecule has 110 valence electrons. The van der Waals surface area contributed by atoms with Crippen LogP contribution in [0.3, 0.4) is 0 Å². The van der Waals surface area contributed by atoms with Crippen molar-refractivity contribution in [2.24, 2.45) is 5.41 Å². The van der Waals surface area contributed by atoms with Crippen molar-refractivity contribution in [2.75, 3.05) is 20.7 Å². The van der Waals surface area contributed by atoms with Gasteiger partial charge in [0.25, 0.3) is 0 Å². The first-order chi connectivity index (χ1) is 8.87. The van der Waals surface area contributed by atoms with Crippen molar-refractivity contribution in [3.05, 3.63) is 0 Å². The van der Waals surface area contributed by atoms with Crippen LogP contribution in [0.4, 0.5) is 0 Å². The summed E-state index contributed by atoms with van der Waals surface area (Å²) in [5.74, 6) is -0.282. The lowest BCUT2D eigenvalue weighted by molar-refractivity contribution is -0.318. The normalized spacial score (nSPS) is 27.3. The monoisotopic (exact) mass is 269 g/mol. The second kappa shape index (κ2) is 5.41. The molecule has 1 saturated carbocycles. The lowest BCUT2D eigenvalue weighted by atomic mass is 9.81. The molecule has 1 spiro atoms. The van der Waals surface area contributed by atoms with Crippen molar-refractivity contribution in [3.63, 3.8) is 0 Å². The molecule has 19 heavy (non-hydrogen) atoms. The van der Waals surface area contributed by atoms with Crippen LogP contribution in [0.2, 0.25) is 0 Å². The molecule has 0 aromatic carbocycles. The molecular formula is C15H27NO3. The van der Waals surface area contributed by atoms with Crippen molar-refractivity contribution in [2.45, 2.75) is 64.3 Å². The molecule has 0 aromatic heterocycles. The highest BCUT2D eigenvalue weighted by molar-refractivity contribution is 5.82. The molecule has 2 aliphatic rings. The number of carbonyl (C=O) groups excluding carboxylic acids is 1. The highest BCUT2D eigenvalue weighted by Crippen LogP contribution is 2.41. The number of carbonyl (C=O) groups is 1. The van der Waals surface area contributed by atoms with Crippen molar-refractivity contribution in [1.82, 2.24) is 4.90 Å². The van der Waals surface area contributed by atoms with E-state index in [9.17, 15) is 4.79 Å². The molecule has 1 aliphatic carbocycles. The van der Waals surface area contributed by atoms with Crippen LogP contribution in [0.1, 0.15) is 52.4 Å². The summed E-state index contributed by atoms with van der Waals surface area (Å²) in [6.07, 6.45) is 6.27. The van der Waals surface area contributed by atoms with Gasteiger partial charge in [-0.1, -0.05) is 6.42 Å². The summed E-state index contributed by atoms with van der Waals surface area (Å²) in [6.45, 7) is 4.68. The maximum Gasteiger partial charge on any atom is 0.230 e. The van der Waals surface area contributed by atoms with Crippen molar-refractivity contribution >= 4 is 5.91 Å². The molecule has 0 N–H and O–H groups in total. The Labute approximate surface area is 116 Å². The maximum absolute atomic E-state index is 12.3. The largest absolute Gasteiger partial charge is 0.350 e. The second-order valence-corrected chi connectivity index (χ2v) is 6.64. The van der Waals surface area contributed by atoms with E-state index in [4.69, 9.17) is 9.47 Å². The minimum Gasteiger partial charge on any atom is -0.350 e. The van der Waals surface area contributed by atoms with Crippen molar-refractivity contribution < 1.29 is 14.3 Å². The van der Waals surface area contributed by atoms with E-state index >= 15 is 0 Å². The molecule has 4 nitrogen and oxygen atoms in total. The van der Waals surface area contributed by atoms with Crippen LogP contribution < -0.4 is 0 Å². The van der Waals surface area contributed by atoms with Gasteiger partial charge in [0.2, 0.25) is 5.91 Å². The number of hydrogen-bond acceptors (Lipinski definition) is 3. The lowest BCUT2D eigenvalue weighted by Gasteiger charge is -2.47. The molecule has 4 heteroatoms. The van der Waals surface area contributed by atoms with E-state index in [1.165, 1.54) is 6.42 Å². The summed E-state index contributed by atoms with van der Waals surface area (Å²) < 4.78 is 12.2. The third-order valence-corrected chi connectivity index (χ3v) is 4.48. The van der Waals surface area contributed by atoms with Crippen LogP contribution in [0, 0.1) is 5.41 Å². The molecule has 0 aromatic rings. The molecule has 1 aliphatic heterocycles.